The maximum atomic E-state index is 10.9. The lowest BCUT2D eigenvalue weighted by atomic mass is 10.2. The standard InChI is InChI=1S/C9H9NO4/c1-6(11)10-14-8-5-3-2-4-7(8)9(12)13/h2-5H,1H3,(H,10,11)(H,12,13)/i2D,3D,5D. The van der Waals surface area contributed by atoms with Gasteiger partial charge in [0.2, 0.25) is 5.91 Å². The summed E-state index contributed by atoms with van der Waals surface area (Å²) in [5, 5.41) is 8.85. The first-order chi connectivity index (χ1) is 7.84. The lowest BCUT2D eigenvalue weighted by molar-refractivity contribution is -0.125. The van der Waals surface area contributed by atoms with Crippen LogP contribution in [0.2, 0.25) is 0 Å². The van der Waals surface area contributed by atoms with E-state index in [9.17, 15) is 9.59 Å². The SMILES string of the molecule is [2H]c1cc(C(=O)O)c(ONC(C)=O)c([2H])c1[2H]. The number of aromatic carboxylic acids is 1. The zero-order valence-corrected chi connectivity index (χ0v) is 7.25. The number of carboxylic acid groups (broad SMARTS) is 1. The van der Waals surface area contributed by atoms with E-state index in [1.165, 1.54) is 0 Å². The summed E-state index contributed by atoms with van der Waals surface area (Å²) in [5.74, 6) is -2.46. The number of amides is 1. The summed E-state index contributed by atoms with van der Waals surface area (Å²) in [4.78, 5) is 26.1. The van der Waals surface area contributed by atoms with Crippen molar-refractivity contribution in [2.75, 3.05) is 0 Å². The van der Waals surface area contributed by atoms with E-state index in [1.807, 2.05) is 5.48 Å². The smallest absolute Gasteiger partial charge is 0.339 e. The molecule has 5 nitrogen and oxygen atoms in total. The first kappa shape index (κ1) is 6.42. The molecule has 74 valence electrons. The highest BCUT2D eigenvalue weighted by Crippen LogP contribution is 2.16. The summed E-state index contributed by atoms with van der Waals surface area (Å²) in [6, 6.07) is -0.554. The fraction of sp³-hybridized carbons (Fsp3) is 0.111. The summed E-state index contributed by atoms with van der Waals surface area (Å²) >= 11 is 0. The van der Waals surface area contributed by atoms with Crippen molar-refractivity contribution in [3.8, 4) is 5.75 Å². The minimum atomic E-state index is -1.41. The molecule has 0 atom stereocenters. The molecule has 0 aliphatic rings. The molecule has 0 aliphatic heterocycles. The largest absolute Gasteiger partial charge is 0.478 e. The van der Waals surface area contributed by atoms with Gasteiger partial charge in [0.15, 0.2) is 5.75 Å². The van der Waals surface area contributed by atoms with Crippen LogP contribution in [0.25, 0.3) is 0 Å². The third-order valence-corrected chi connectivity index (χ3v) is 1.24. The van der Waals surface area contributed by atoms with E-state index in [4.69, 9.17) is 9.22 Å². The molecule has 0 fully saturated rings. The van der Waals surface area contributed by atoms with Crippen molar-refractivity contribution in [3.05, 3.63) is 29.8 Å². The predicted octanol–water partition coefficient (Wildman–Crippen LogP) is 0.815. The molecule has 5 heteroatoms. The maximum Gasteiger partial charge on any atom is 0.339 e. The van der Waals surface area contributed by atoms with E-state index in [0.717, 1.165) is 13.0 Å². The third kappa shape index (κ3) is 2.48. The summed E-state index contributed by atoms with van der Waals surface area (Å²) < 4.78 is 22.1. The molecule has 14 heavy (non-hydrogen) atoms. The minimum Gasteiger partial charge on any atom is -0.478 e. The molecule has 0 radical (unpaired) electrons. The van der Waals surface area contributed by atoms with E-state index in [1.54, 1.807) is 0 Å². The van der Waals surface area contributed by atoms with Gasteiger partial charge in [0.05, 0.1) is 4.11 Å². The maximum absolute atomic E-state index is 10.9. The van der Waals surface area contributed by atoms with Crippen molar-refractivity contribution in [3.63, 3.8) is 0 Å². The van der Waals surface area contributed by atoms with Crippen molar-refractivity contribution in [2.45, 2.75) is 6.92 Å². The fourth-order valence-corrected chi connectivity index (χ4v) is 0.696. The molecule has 1 aromatic carbocycles. The van der Waals surface area contributed by atoms with Crippen molar-refractivity contribution < 1.29 is 23.6 Å². The quantitative estimate of drug-likeness (QED) is 0.705. The Morgan fingerprint density at radius 2 is 2.29 bits per heavy atom. The summed E-state index contributed by atoms with van der Waals surface area (Å²) in [6.07, 6.45) is 0. The number of para-hydroxylation sites is 1. The zero-order valence-electron chi connectivity index (χ0n) is 10.2. The van der Waals surface area contributed by atoms with Crippen molar-refractivity contribution in [1.29, 1.82) is 0 Å². The molecule has 0 aliphatic carbocycles. The highest BCUT2D eigenvalue weighted by molar-refractivity contribution is 5.90. The minimum absolute atomic E-state index is 0.400. The van der Waals surface area contributed by atoms with Crippen LogP contribution >= 0.6 is 0 Å². The van der Waals surface area contributed by atoms with Crippen LogP contribution in [0.5, 0.6) is 5.75 Å². The number of nitrogens with one attached hydrogen (secondary N) is 1. The molecule has 1 rings (SSSR count). The number of carbonyl (C=O) groups excluding carboxylic acids is 1. The summed E-state index contributed by atoms with van der Waals surface area (Å²) in [6.45, 7) is 1.14. The molecule has 0 bridgehead atoms. The van der Waals surface area contributed by atoms with Gasteiger partial charge in [-0.1, -0.05) is 12.1 Å². The van der Waals surface area contributed by atoms with Crippen molar-refractivity contribution >= 4 is 11.9 Å². The van der Waals surface area contributed by atoms with Gasteiger partial charge in [-0.25, -0.2) is 4.79 Å². The zero-order chi connectivity index (χ0) is 13.2. The Morgan fingerprint density at radius 1 is 1.57 bits per heavy atom. The number of hydroxylamine groups is 1. The van der Waals surface area contributed by atoms with Crippen molar-refractivity contribution in [2.24, 2.45) is 0 Å². The number of hydrogen-bond donors (Lipinski definition) is 2. The van der Waals surface area contributed by atoms with E-state index in [-0.39, 0.29) is 0 Å². The number of carbonyl (C=O) groups is 2. The third-order valence-electron chi connectivity index (χ3n) is 1.24. The van der Waals surface area contributed by atoms with Crippen LogP contribution in [0.1, 0.15) is 21.4 Å². The van der Waals surface area contributed by atoms with Gasteiger partial charge in [0.25, 0.3) is 0 Å². The highest BCUT2D eigenvalue weighted by Gasteiger charge is 2.10. The van der Waals surface area contributed by atoms with Crippen LogP contribution in [0.3, 0.4) is 0 Å². The van der Waals surface area contributed by atoms with E-state index in [2.05, 4.69) is 4.84 Å². The second-order valence-electron chi connectivity index (χ2n) is 2.35. The molecule has 0 spiro atoms. The molecule has 0 aromatic heterocycles. The average Bonchev–Trinajstić information content (AvgIpc) is 2.23. The van der Waals surface area contributed by atoms with Gasteiger partial charge in [-0.2, -0.15) is 5.48 Å². The van der Waals surface area contributed by atoms with Crippen LogP contribution in [0.15, 0.2) is 24.2 Å². The molecular weight excluding hydrogens is 186 g/mol. The second kappa shape index (κ2) is 4.27. The molecule has 0 unspecified atom stereocenters. The first-order valence-corrected chi connectivity index (χ1v) is 3.62. The van der Waals surface area contributed by atoms with Gasteiger partial charge in [-0.05, 0) is 12.1 Å². The van der Waals surface area contributed by atoms with Gasteiger partial charge < -0.3 is 9.94 Å². The Morgan fingerprint density at radius 3 is 2.86 bits per heavy atom. The van der Waals surface area contributed by atoms with Crippen LogP contribution in [0.4, 0.5) is 0 Å². The molecule has 0 heterocycles. The Kier molecular flexibility index (Phi) is 1.96. The van der Waals surface area contributed by atoms with E-state index < -0.39 is 41.3 Å². The molecule has 1 amide bonds. The van der Waals surface area contributed by atoms with Gasteiger partial charge in [0.1, 0.15) is 5.56 Å². The number of hydrogen-bond acceptors (Lipinski definition) is 3. The Labute approximate surface area is 84.5 Å². The summed E-state index contributed by atoms with van der Waals surface area (Å²) in [5.41, 5.74) is 1.42. The van der Waals surface area contributed by atoms with Gasteiger partial charge >= 0.3 is 5.97 Å². The molecule has 2 N–H and O–H groups in total. The van der Waals surface area contributed by atoms with Crippen LogP contribution in [0, 0.1) is 0 Å². The van der Waals surface area contributed by atoms with E-state index >= 15 is 0 Å². The molecule has 0 saturated carbocycles. The summed E-state index contributed by atoms with van der Waals surface area (Å²) in [7, 11) is 0. The molecular formula is C9H9NO4. The number of benzene rings is 1. The Bertz CT molecular complexity index is 490. The lowest BCUT2D eigenvalue weighted by Crippen LogP contribution is -2.24. The van der Waals surface area contributed by atoms with Gasteiger partial charge in [-0.3, -0.25) is 4.79 Å². The van der Waals surface area contributed by atoms with Crippen LogP contribution < -0.4 is 10.3 Å². The number of rotatable bonds is 3. The predicted molar refractivity (Wildman–Crippen MR) is 47.8 cm³/mol. The van der Waals surface area contributed by atoms with Crippen LogP contribution in [-0.4, -0.2) is 17.0 Å². The van der Waals surface area contributed by atoms with Crippen LogP contribution in [-0.2, 0) is 4.79 Å². The first-order valence-electron chi connectivity index (χ1n) is 5.12. The molecule has 0 saturated heterocycles. The van der Waals surface area contributed by atoms with E-state index in [0.29, 0.717) is 0 Å². The second-order valence-corrected chi connectivity index (χ2v) is 2.35. The van der Waals surface area contributed by atoms with Gasteiger partial charge in [0, 0.05) is 6.92 Å². The number of carboxylic acids is 1. The highest BCUT2D eigenvalue weighted by atomic mass is 16.7. The fourth-order valence-electron chi connectivity index (χ4n) is 0.696. The lowest BCUT2D eigenvalue weighted by Gasteiger charge is -2.06. The van der Waals surface area contributed by atoms with Crippen molar-refractivity contribution in [1.82, 2.24) is 5.48 Å². The topological polar surface area (TPSA) is 75.6 Å². The van der Waals surface area contributed by atoms with Gasteiger partial charge in [-0.15, -0.1) is 0 Å². The Hall–Kier alpha value is -2.04. The Balaban J connectivity index is 3.28. The monoisotopic (exact) mass is 198 g/mol. The average molecular weight is 198 g/mol. The molecule has 1 aromatic rings. The normalized spacial score (nSPS) is 12.2.